The normalized spacial score (nSPS) is 19.8. The van der Waals surface area contributed by atoms with Gasteiger partial charge in [-0.25, -0.2) is 0 Å². The summed E-state index contributed by atoms with van der Waals surface area (Å²) in [6, 6.07) is 0. The summed E-state index contributed by atoms with van der Waals surface area (Å²) in [7, 11) is 1.77. The molecule has 4 heteroatoms. The van der Waals surface area contributed by atoms with Gasteiger partial charge in [0.25, 0.3) is 0 Å². The zero-order valence-corrected chi connectivity index (χ0v) is 11.7. The van der Waals surface area contributed by atoms with Crippen LogP contribution in [0.4, 0.5) is 0 Å². The summed E-state index contributed by atoms with van der Waals surface area (Å²) in [4.78, 5) is 5.07. The predicted octanol–water partition coefficient (Wildman–Crippen LogP) is 0.768. The summed E-state index contributed by atoms with van der Waals surface area (Å²) in [6.45, 7) is 12.0. The lowest BCUT2D eigenvalue weighted by molar-refractivity contribution is 0.0553. The number of piperazine rings is 1. The van der Waals surface area contributed by atoms with Gasteiger partial charge in [-0.05, 0) is 33.2 Å². The summed E-state index contributed by atoms with van der Waals surface area (Å²) in [5.74, 6) is 0. The molecule has 0 radical (unpaired) electrons. The highest BCUT2D eigenvalue weighted by molar-refractivity contribution is 4.86. The Kier molecular flexibility index (Phi) is 6.41. The average molecular weight is 243 g/mol. The number of nitrogens with zero attached hydrogens (tertiary/aromatic N) is 2. The highest BCUT2D eigenvalue weighted by Crippen LogP contribution is 2.15. The minimum Gasteiger partial charge on any atom is -0.385 e. The van der Waals surface area contributed by atoms with Gasteiger partial charge in [-0.3, -0.25) is 4.90 Å². The zero-order chi connectivity index (χ0) is 12.7. The molecule has 1 heterocycles. The van der Waals surface area contributed by atoms with Crippen LogP contribution in [-0.2, 0) is 4.74 Å². The molecular weight excluding hydrogens is 214 g/mol. The Morgan fingerprint density at radius 1 is 1.12 bits per heavy atom. The molecule has 0 aromatic rings. The smallest absolute Gasteiger partial charge is 0.0462 e. The number of hydrogen-bond donors (Lipinski definition) is 1. The largest absolute Gasteiger partial charge is 0.385 e. The van der Waals surface area contributed by atoms with Crippen LogP contribution in [0.25, 0.3) is 0 Å². The van der Waals surface area contributed by atoms with Crippen molar-refractivity contribution in [2.75, 3.05) is 53.0 Å². The fraction of sp³-hybridized carbons (Fsp3) is 1.00. The third kappa shape index (κ3) is 4.92. The van der Waals surface area contributed by atoms with E-state index in [1.807, 2.05) is 0 Å². The Bertz CT molecular complexity index is 201. The average Bonchev–Trinajstić information content (AvgIpc) is 2.35. The van der Waals surface area contributed by atoms with Crippen molar-refractivity contribution in [3.05, 3.63) is 0 Å². The Morgan fingerprint density at radius 3 is 2.29 bits per heavy atom. The van der Waals surface area contributed by atoms with E-state index in [9.17, 15) is 0 Å². The second-order valence-corrected chi connectivity index (χ2v) is 5.55. The maximum atomic E-state index is 5.82. The molecule has 0 atom stereocenters. The monoisotopic (exact) mass is 243 g/mol. The van der Waals surface area contributed by atoms with E-state index in [1.165, 1.54) is 32.5 Å². The number of unbranched alkanes of at least 4 members (excludes halogenated alkanes) is 1. The van der Waals surface area contributed by atoms with E-state index in [0.717, 1.165) is 26.2 Å². The Balaban J connectivity index is 2.17. The third-order valence-corrected chi connectivity index (χ3v) is 3.80. The van der Waals surface area contributed by atoms with Crippen molar-refractivity contribution in [3.8, 4) is 0 Å². The van der Waals surface area contributed by atoms with Crippen LogP contribution >= 0.6 is 0 Å². The lowest BCUT2D eigenvalue weighted by atomic mass is 10.0. The summed E-state index contributed by atoms with van der Waals surface area (Å²) in [5.41, 5.74) is 5.97. The lowest BCUT2D eigenvalue weighted by Gasteiger charge is -2.43. The first-order valence-corrected chi connectivity index (χ1v) is 6.76. The van der Waals surface area contributed by atoms with Crippen LogP contribution in [0.2, 0.25) is 0 Å². The number of rotatable bonds is 7. The Hall–Kier alpha value is -0.160. The molecule has 0 aromatic carbocycles. The summed E-state index contributed by atoms with van der Waals surface area (Å²) in [6.07, 6.45) is 2.42. The zero-order valence-electron chi connectivity index (χ0n) is 11.7. The van der Waals surface area contributed by atoms with Gasteiger partial charge >= 0.3 is 0 Å². The number of nitrogens with two attached hydrogens (primary N) is 1. The standard InChI is InChI=1S/C13H29N3O/c1-13(2,12-14)16-9-7-15(8-10-16)6-4-5-11-17-3/h4-12,14H2,1-3H3. The van der Waals surface area contributed by atoms with Crippen molar-refractivity contribution in [2.24, 2.45) is 5.73 Å². The van der Waals surface area contributed by atoms with E-state index >= 15 is 0 Å². The van der Waals surface area contributed by atoms with Gasteiger partial charge < -0.3 is 15.4 Å². The first-order chi connectivity index (χ1) is 8.10. The van der Waals surface area contributed by atoms with Crippen molar-refractivity contribution < 1.29 is 4.74 Å². The van der Waals surface area contributed by atoms with Gasteiger partial charge in [-0.15, -0.1) is 0 Å². The van der Waals surface area contributed by atoms with Crippen molar-refractivity contribution in [1.82, 2.24) is 9.80 Å². The summed E-state index contributed by atoms with van der Waals surface area (Å²) < 4.78 is 5.07. The molecule has 4 nitrogen and oxygen atoms in total. The molecule has 0 spiro atoms. The molecule has 17 heavy (non-hydrogen) atoms. The van der Waals surface area contributed by atoms with Gasteiger partial charge in [0.15, 0.2) is 0 Å². The van der Waals surface area contributed by atoms with Crippen LogP contribution in [0, 0.1) is 0 Å². The summed E-state index contributed by atoms with van der Waals surface area (Å²) in [5, 5.41) is 0. The van der Waals surface area contributed by atoms with E-state index < -0.39 is 0 Å². The van der Waals surface area contributed by atoms with Crippen LogP contribution < -0.4 is 5.73 Å². The highest BCUT2D eigenvalue weighted by Gasteiger charge is 2.28. The molecule has 0 saturated carbocycles. The Morgan fingerprint density at radius 2 is 1.76 bits per heavy atom. The van der Waals surface area contributed by atoms with Gasteiger partial charge in [0, 0.05) is 52.0 Å². The van der Waals surface area contributed by atoms with Crippen LogP contribution in [0.15, 0.2) is 0 Å². The maximum Gasteiger partial charge on any atom is 0.0462 e. The van der Waals surface area contributed by atoms with Crippen LogP contribution in [-0.4, -0.2) is 68.3 Å². The predicted molar refractivity (Wildman–Crippen MR) is 72.3 cm³/mol. The fourth-order valence-electron chi connectivity index (χ4n) is 2.29. The van der Waals surface area contributed by atoms with Gasteiger partial charge in [0.1, 0.15) is 0 Å². The van der Waals surface area contributed by atoms with Crippen molar-refractivity contribution >= 4 is 0 Å². The number of ether oxygens (including phenoxy) is 1. The molecular formula is C13H29N3O. The van der Waals surface area contributed by atoms with E-state index in [1.54, 1.807) is 7.11 Å². The molecule has 102 valence electrons. The summed E-state index contributed by atoms with van der Waals surface area (Å²) >= 11 is 0. The highest BCUT2D eigenvalue weighted by atomic mass is 16.5. The van der Waals surface area contributed by atoms with E-state index in [4.69, 9.17) is 10.5 Å². The molecule has 1 aliphatic rings. The van der Waals surface area contributed by atoms with Crippen LogP contribution in [0.5, 0.6) is 0 Å². The van der Waals surface area contributed by atoms with E-state index in [-0.39, 0.29) is 5.54 Å². The second kappa shape index (κ2) is 7.31. The van der Waals surface area contributed by atoms with Gasteiger partial charge in [0.05, 0.1) is 0 Å². The molecule has 1 fully saturated rings. The second-order valence-electron chi connectivity index (χ2n) is 5.55. The van der Waals surface area contributed by atoms with E-state index in [0.29, 0.717) is 0 Å². The lowest BCUT2D eigenvalue weighted by Crippen LogP contribution is -2.57. The maximum absolute atomic E-state index is 5.82. The molecule has 0 unspecified atom stereocenters. The van der Waals surface area contributed by atoms with Gasteiger partial charge in [-0.1, -0.05) is 0 Å². The first-order valence-electron chi connectivity index (χ1n) is 6.76. The molecule has 1 aliphatic heterocycles. The molecule has 1 saturated heterocycles. The topological polar surface area (TPSA) is 41.7 Å². The molecule has 0 bridgehead atoms. The van der Waals surface area contributed by atoms with Gasteiger partial charge in [-0.2, -0.15) is 0 Å². The minimum atomic E-state index is 0.155. The van der Waals surface area contributed by atoms with Crippen molar-refractivity contribution in [2.45, 2.75) is 32.2 Å². The molecule has 1 rings (SSSR count). The molecule has 0 aromatic heterocycles. The molecule has 0 aliphatic carbocycles. The minimum absolute atomic E-state index is 0.155. The Labute approximate surface area is 106 Å². The fourth-order valence-corrected chi connectivity index (χ4v) is 2.29. The van der Waals surface area contributed by atoms with Crippen molar-refractivity contribution in [1.29, 1.82) is 0 Å². The first kappa shape index (κ1) is 14.9. The third-order valence-electron chi connectivity index (χ3n) is 3.80. The quantitative estimate of drug-likeness (QED) is 0.671. The molecule has 0 amide bonds. The van der Waals surface area contributed by atoms with E-state index in [2.05, 4.69) is 23.6 Å². The van der Waals surface area contributed by atoms with Crippen LogP contribution in [0.1, 0.15) is 26.7 Å². The SMILES string of the molecule is COCCCCN1CCN(C(C)(C)CN)CC1. The number of hydrogen-bond acceptors (Lipinski definition) is 4. The van der Waals surface area contributed by atoms with Crippen molar-refractivity contribution in [3.63, 3.8) is 0 Å². The number of methoxy groups -OCH3 is 1. The molecule has 2 N–H and O–H groups in total. The van der Waals surface area contributed by atoms with Crippen LogP contribution in [0.3, 0.4) is 0 Å². The van der Waals surface area contributed by atoms with Gasteiger partial charge in [0.2, 0.25) is 0 Å².